The number of aromatic nitrogens is 4. The number of rotatable bonds is 6. The van der Waals surface area contributed by atoms with E-state index in [-0.39, 0.29) is 0 Å². The SMILES string of the molecule is Cc1c(Nc2nc(N3CCC(NC(=O)OC(C)(C)C)(c4ccccc4)CC3)nc3ccc(I)cc23)n[nH]c1C1CC1. The van der Waals surface area contributed by atoms with Crippen molar-refractivity contribution < 1.29 is 9.53 Å². The molecular formula is C31H36IN7O2. The Hall–Kier alpha value is -3.41. The Morgan fingerprint density at radius 1 is 1.07 bits per heavy atom. The van der Waals surface area contributed by atoms with Crippen LogP contribution in [0.25, 0.3) is 10.9 Å². The van der Waals surface area contributed by atoms with Crippen LogP contribution in [0.15, 0.2) is 48.5 Å². The molecule has 1 aliphatic carbocycles. The number of hydrogen-bond donors (Lipinski definition) is 3. The maximum atomic E-state index is 12.9. The summed E-state index contributed by atoms with van der Waals surface area (Å²) in [6, 6.07) is 16.4. The molecule has 0 unspecified atom stereocenters. The molecule has 2 aliphatic rings. The highest BCUT2D eigenvalue weighted by molar-refractivity contribution is 14.1. The van der Waals surface area contributed by atoms with Gasteiger partial charge in [-0.15, -0.1) is 0 Å². The first-order valence-electron chi connectivity index (χ1n) is 14.2. The third kappa shape index (κ3) is 5.98. The van der Waals surface area contributed by atoms with E-state index in [0.717, 1.165) is 37.2 Å². The number of ether oxygens (including phenoxy) is 1. The minimum atomic E-state index is -0.574. The van der Waals surface area contributed by atoms with Gasteiger partial charge >= 0.3 is 6.09 Å². The molecule has 214 valence electrons. The van der Waals surface area contributed by atoms with E-state index in [2.05, 4.69) is 79.5 Å². The van der Waals surface area contributed by atoms with Crippen molar-refractivity contribution in [3.63, 3.8) is 0 Å². The molecular weight excluding hydrogens is 629 g/mol. The fourth-order valence-corrected chi connectivity index (χ4v) is 6.06. The molecule has 2 fully saturated rings. The van der Waals surface area contributed by atoms with Crippen LogP contribution in [0.4, 0.5) is 22.4 Å². The van der Waals surface area contributed by atoms with Crippen molar-refractivity contribution in [1.29, 1.82) is 0 Å². The molecule has 6 rings (SSSR count). The normalized spacial score (nSPS) is 17.0. The Bertz CT molecular complexity index is 1570. The molecule has 10 heteroatoms. The molecule has 1 amide bonds. The van der Waals surface area contributed by atoms with E-state index in [1.807, 2.05) is 45.0 Å². The number of carbonyl (C=O) groups excluding carboxylic acids is 1. The fraction of sp³-hybridized carbons (Fsp3) is 0.419. The topological polar surface area (TPSA) is 108 Å². The van der Waals surface area contributed by atoms with Gasteiger partial charge in [0, 0.05) is 39.2 Å². The van der Waals surface area contributed by atoms with E-state index in [1.54, 1.807) is 0 Å². The van der Waals surface area contributed by atoms with Gasteiger partial charge in [0.05, 0.1) is 11.1 Å². The summed E-state index contributed by atoms with van der Waals surface area (Å²) < 4.78 is 6.77. The predicted molar refractivity (Wildman–Crippen MR) is 170 cm³/mol. The van der Waals surface area contributed by atoms with Gasteiger partial charge in [0.15, 0.2) is 5.82 Å². The zero-order valence-electron chi connectivity index (χ0n) is 23.9. The number of H-pyrrole nitrogens is 1. The Morgan fingerprint density at radius 3 is 2.49 bits per heavy atom. The highest BCUT2D eigenvalue weighted by atomic mass is 127. The molecule has 3 N–H and O–H groups in total. The van der Waals surface area contributed by atoms with E-state index >= 15 is 0 Å². The van der Waals surface area contributed by atoms with E-state index in [4.69, 9.17) is 14.7 Å². The first-order valence-corrected chi connectivity index (χ1v) is 15.3. The molecule has 2 aromatic heterocycles. The zero-order chi connectivity index (χ0) is 28.8. The molecule has 1 aliphatic heterocycles. The molecule has 1 saturated heterocycles. The molecule has 0 spiro atoms. The van der Waals surface area contributed by atoms with Crippen LogP contribution in [0.5, 0.6) is 0 Å². The van der Waals surface area contributed by atoms with Crippen molar-refractivity contribution in [3.8, 4) is 0 Å². The predicted octanol–water partition coefficient (Wildman–Crippen LogP) is 6.91. The average molecular weight is 666 g/mol. The second kappa shape index (κ2) is 10.8. The smallest absolute Gasteiger partial charge is 0.408 e. The fourth-order valence-electron chi connectivity index (χ4n) is 5.57. The van der Waals surface area contributed by atoms with Gasteiger partial charge in [0.1, 0.15) is 11.4 Å². The van der Waals surface area contributed by atoms with Gasteiger partial charge in [-0.2, -0.15) is 10.1 Å². The van der Waals surface area contributed by atoms with E-state index in [9.17, 15) is 4.79 Å². The van der Waals surface area contributed by atoms with E-state index < -0.39 is 17.2 Å². The number of fused-ring (bicyclic) bond motifs is 1. The number of piperidine rings is 1. The average Bonchev–Trinajstić information content (AvgIpc) is 3.71. The lowest BCUT2D eigenvalue weighted by Crippen LogP contribution is -2.54. The quantitative estimate of drug-likeness (QED) is 0.192. The van der Waals surface area contributed by atoms with Crippen LogP contribution in [-0.4, -0.2) is 44.9 Å². The van der Waals surface area contributed by atoms with Crippen LogP contribution in [0.3, 0.4) is 0 Å². The van der Waals surface area contributed by atoms with Crippen molar-refractivity contribution >= 4 is 57.2 Å². The summed E-state index contributed by atoms with van der Waals surface area (Å²) >= 11 is 2.32. The maximum absolute atomic E-state index is 12.9. The Kier molecular flexibility index (Phi) is 7.29. The number of amides is 1. The highest BCUT2D eigenvalue weighted by Gasteiger charge is 2.39. The van der Waals surface area contributed by atoms with Gasteiger partial charge in [-0.05, 0) is 99.7 Å². The lowest BCUT2D eigenvalue weighted by molar-refractivity contribution is 0.0431. The molecule has 0 bridgehead atoms. The molecule has 1 saturated carbocycles. The number of anilines is 3. The minimum Gasteiger partial charge on any atom is -0.444 e. The Balaban J connectivity index is 1.29. The second-order valence-corrected chi connectivity index (χ2v) is 13.4. The maximum Gasteiger partial charge on any atom is 0.408 e. The van der Waals surface area contributed by atoms with Crippen LogP contribution >= 0.6 is 22.6 Å². The molecule has 41 heavy (non-hydrogen) atoms. The number of hydrogen-bond acceptors (Lipinski definition) is 7. The van der Waals surface area contributed by atoms with Crippen LogP contribution < -0.4 is 15.5 Å². The summed E-state index contributed by atoms with van der Waals surface area (Å²) in [4.78, 5) is 25.1. The first kappa shape index (κ1) is 27.7. The van der Waals surface area contributed by atoms with Gasteiger partial charge in [0.25, 0.3) is 0 Å². The summed E-state index contributed by atoms with van der Waals surface area (Å²) in [6.45, 7) is 9.10. The summed E-state index contributed by atoms with van der Waals surface area (Å²) in [5.74, 6) is 2.80. The number of aromatic amines is 1. The zero-order valence-corrected chi connectivity index (χ0v) is 26.1. The molecule has 2 aromatic carbocycles. The van der Waals surface area contributed by atoms with Crippen molar-refractivity contribution in [2.24, 2.45) is 0 Å². The lowest BCUT2D eigenvalue weighted by atomic mass is 9.81. The largest absolute Gasteiger partial charge is 0.444 e. The number of nitrogens with one attached hydrogen (secondary N) is 3. The Labute approximate surface area is 254 Å². The van der Waals surface area contributed by atoms with Gasteiger partial charge in [-0.25, -0.2) is 9.78 Å². The number of benzene rings is 2. The number of alkyl carbamates (subject to hydrolysis) is 1. The van der Waals surface area contributed by atoms with Crippen molar-refractivity contribution in [1.82, 2.24) is 25.5 Å². The van der Waals surface area contributed by atoms with Gasteiger partial charge in [-0.1, -0.05) is 30.3 Å². The summed E-state index contributed by atoms with van der Waals surface area (Å²) in [7, 11) is 0. The van der Waals surface area contributed by atoms with Crippen LogP contribution in [0.1, 0.15) is 69.2 Å². The van der Waals surface area contributed by atoms with Crippen molar-refractivity contribution in [2.45, 2.75) is 70.4 Å². The Morgan fingerprint density at radius 2 is 1.80 bits per heavy atom. The minimum absolute atomic E-state index is 0.405. The van der Waals surface area contributed by atoms with Crippen LogP contribution in [0.2, 0.25) is 0 Å². The van der Waals surface area contributed by atoms with Gasteiger partial charge < -0.3 is 20.3 Å². The van der Waals surface area contributed by atoms with E-state index in [1.165, 1.54) is 18.5 Å². The second-order valence-electron chi connectivity index (χ2n) is 12.1. The molecule has 4 aromatic rings. The standard InChI is InChI=1S/C31H36IN7O2/c1-19-25(20-10-11-20)37-38-26(19)34-27-23-18-22(32)12-13-24(23)33-28(35-27)39-16-14-31(15-17-39,21-8-6-5-7-9-21)36-29(40)41-30(2,3)4/h5-9,12-13,18,20H,10-11,14-17H2,1-4H3,(H,36,40)(H2,33,34,35,37,38). The molecule has 3 heterocycles. The molecule has 0 atom stereocenters. The monoisotopic (exact) mass is 665 g/mol. The third-order valence-electron chi connectivity index (χ3n) is 7.88. The van der Waals surface area contributed by atoms with Gasteiger partial charge in [-0.3, -0.25) is 5.10 Å². The van der Waals surface area contributed by atoms with Crippen LogP contribution in [-0.2, 0) is 10.3 Å². The van der Waals surface area contributed by atoms with Crippen LogP contribution in [0, 0.1) is 10.5 Å². The van der Waals surface area contributed by atoms with Crippen molar-refractivity contribution in [2.75, 3.05) is 23.3 Å². The molecule has 9 nitrogen and oxygen atoms in total. The molecule has 0 radical (unpaired) electrons. The third-order valence-corrected chi connectivity index (χ3v) is 8.55. The van der Waals surface area contributed by atoms with Gasteiger partial charge in [0.2, 0.25) is 5.95 Å². The number of nitrogens with zero attached hydrogens (tertiary/aromatic N) is 4. The first-order chi connectivity index (χ1) is 19.6. The summed E-state index contributed by atoms with van der Waals surface area (Å²) in [5.41, 5.74) is 3.19. The summed E-state index contributed by atoms with van der Waals surface area (Å²) in [5, 5.41) is 15.5. The van der Waals surface area contributed by atoms with Crippen molar-refractivity contribution in [3.05, 3.63) is 68.9 Å². The lowest BCUT2D eigenvalue weighted by Gasteiger charge is -2.43. The highest BCUT2D eigenvalue weighted by Crippen LogP contribution is 2.42. The number of halogens is 1. The van der Waals surface area contributed by atoms with E-state index in [0.29, 0.717) is 37.8 Å². The summed E-state index contributed by atoms with van der Waals surface area (Å²) in [6.07, 6.45) is 3.40. The number of carbonyl (C=O) groups is 1.